The van der Waals surface area contributed by atoms with Crippen LogP contribution in [0.15, 0.2) is 30.5 Å². The van der Waals surface area contributed by atoms with Gasteiger partial charge in [0.1, 0.15) is 5.75 Å². The van der Waals surface area contributed by atoms with Crippen LogP contribution in [0.25, 0.3) is 0 Å². The molecule has 0 unspecified atom stereocenters. The molecule has 8 heteroatoms. The fourth-order valence-corrected chi connectivity index (χ4v) is 1.80. The van der Waals surface area contributed by atoms with Gasteiger partial charge in [0.05, 0.1) is 17.9 Å². The largest absolute Gasteiger partial charge is 0.434 e. The molecule has 0 atom stereocenters. The number of hydrogen-bond acceptors (Lipinski definition) is 5. The number of para-hydroxylation sites is 1. The summed E-state index contributed by atoms with van der Waals surface area (Å²) in [7, 11) is 0. The third kappa shape index (κ3) is 3.68. The smallest absolute Gasteiger partial charge is 0.387 e. The molecule has 0 spiro atoms. The highest BCUT2D eigenvalue weighted by atomic mass is 32.1. The van der Waals surface area contributed by atoms with E-state index in [0.29, 0.717) is 5.56 Å². The summed E-state index contributed by atoms with van der Waals surface area (Å²) >= 11 is 0.916. The predicted molar refractivity (Wildman–Crippen MR) is 64.2 cm³/mol. The summed E-state index contributed by atoms with van der Waals surface area (Å²) in [6.07, 6.45) is 1.33. The van der Waals surface area contributed by atoms with Crippen LogP contribution >= 0.6 is 11.7 Å². The highest BCUT2D eigenvalue weighted by Gasteiger charge is 2.12. The zero-order valence-corrected chi connectivity index (χ0v) is 10.4. The van der Waals surface area contributed by atoms with Crippen LogP contribution in [0, 0.1) is 0 Å². The van der Waals surface area contributed by atoms with Gasteiger partial charge >= 0.3 is 6.61 Å². The Hall–Kier alpha value is -2.09. The molecule has 0 aliphatic rings. The lowest BCUT2D eigenvalue weighted by molar-refractivity contribution is -0.0504. The molecule has 19 heavy (non-hydrogen) atoms. The monoisotopic (exact) mass is 285 g/mol. The Morgan fingerprint density at radius 2 is 2.21 bits per heavy atom. The summed E-state index contributed by atoms with van der Waals surface area (Å²) in [6, 6.07) is 6.26. The normalized spacial score (nSPS) is 10.5. The second-order valence-electron chi connectivity index (χ2n) is 3.46. The molecule has 2 rings (SSSR count). The minimum Gasteiger partial charge on any atom is -0.434 e. The van der Waals surface area contributed by atoms with Gasteiger partial charge in [-0.05, 0) is 6.07 Å². The molecule has 0 saturated heterocycles. The summed E-state index contributed by atoms with van der Waals surface area (Å²) in [5, 5.41) is 2.56. The lowest BCUT2D eigenvalue weighted by Gasteiger charge is -2.10. The Bertz CT molecular complexity index is 549. The third-order valence-corrected chi connectivity index (χ3v) is 2.70. The number of rotatable bonds is 5. The molecule has 0 bridgehead atoms. The van der Waals surface area contributed by atoms with Crippen LogP contribution in [0.5, 0.6) is 5.75 Å². The van der Waals surface area contributed by atoms with Crippen LogP contribution in [0.4, 0.5) is 8.78 Å². The molecule has 0 fully saturated rings. The van der Waals surface area contributed by atoms with Crippen LogP contribution in [-0.4, -0.2) is 21.3 Å². The molecule has 2 aromatic rings. The standard InChI is InChI=1S/C11H9F2N3O2S/c12-11(13)18-9-4-2-1-3-7(9)5-14-10(17)8-6-15-19-16-8/h1-4,6,11H,5H2,(H,14,17). The van der Waals surface area contributed by atoms with E-state index in [1.807, 2.05) is 0 Å². The third-order valence-electron chi connectivity index (χ3n) is 2.22. The molecule has 0 aliphatic heterocycles. The highest BCUT2D eigenvalue weighted by molar-refractivity contribution is 6.99. The molecule has 1 amide bonds. The lowest BCUT2D eigenvalue weighted by Crippen LogP contribution is -2.23. The maximum absolute atomic E-state index is 12.2. The molecule has 1 heterocycles. The minimum atomic E-state index is -2.90. The number of carbonyl (C=O) groups excluding carboxylic acids is 1. The summed E-state index contributed by atoms with van der Waals surface area (Å²) < 4.78 is 36.2. The predicted octanol–water partition coefficient (Wildman–Crippen LogP) is 2.07. The number of benzene rings is 1. The van der Waals surface area contributed by atoms with Gasteiger partial charge in [0.15, 0.2) is 5.69 Å². The van der Waals surface area contributed by atoms with Gasteiger partial charge in [0.2, 0.25) is 0 Å². The number of alkyl halides is 2. The molecule has 0 aliphatic carbocycles. The topological polar surface area (TPSA) is 64.1 Å². The molecule has 1 N–H and O–H groups in total. The number of nitrogens with zero attached hydrogens (tertiary/aromatic N) is 2. The van der Waals surface area contributed by atoms with E-state index in [2.05, 4.69) is 18.8 Å². The molecule has 1 aromatic carbocycles. The van der Waals surface area contributed by atoms with Crippen molar-refractivity contribution in [3.8, 4) is 5.75 Å². The Morgan fingerprint density at radius 3 is 2.89 bits per heavy atom. The average molecular weight is 285 g/mol. The average Bonchev–Trinajstić information content (AvgIpc) is 2.90. The first-order valence-corrected chi connectivity index (χ1v) is 5.98. The fourth-order valence-electron chi connectivity index (χ4n) is 1.39. The first kappa shape index (κ1) is 13.3. The van der Waals surface area contributed by atoms with E-state index in [1.54, 1.807) is 18.2 Å². The second-order valence-corrected chi connectivity index (χ2v) is 4.02. The van der Waals surface area contributed by atoms with Crippen LogP contribution in [0.1, 0.15) is 16.1 Å². The van der Waals surface area contributed by atoms with Gasteiger partial charge in [0, 0.05) is 12.1 Å². The Kier molecular flexibility index (Phi) is 4.35. The van der Waals surface area contributed by atoms with Gasteiger partial charge in [-0.2, -0.15) is 17.5 Å². The quantitative estimate of drug-likeness (QED) is 0.913. The van der Waals surface area contributed by atoms with Crippen molar-refractivity contribution in [1.82, 2.24) is 14.1 Å². The summed E-state index contributed by atoms with van der Waals surface area (Å²) in [6.45, 7) is -2.83. The first-order chi connectivity index (χ1) is 9.16. The Balaban J connectivity index is 2.01. The molecule has 0 saturated carbocycles. The molecule has 1 aromatic heterocycles. The van der Waals surface area contributed by atoms with Gasteiger partial charge in [-0.3, -0.25) is 4.79 Å². The van der Waals surface area contributed by atoms with Crippen molar-refractivity contribution in [3.05, 3.63) is 41.7 Å². The number of hydrogen-bond donors (Lipinski definition) is 1. The van der Waals surface area contributed by atoms with Gasteiger partial charge in [0.25, 0.3) is 5.91 Å². The van der Waals surface area contributed by atoms with Crippen molar-refractivity contribution in [3.63, 3.8) is 0 Å². The zero-order valence-electron chi connectivity index (χ0n) is 9.55. The van der Waals surface area contributed by atoms with Crippen LogP contribution in [0.3, 0.4) is 0 Å². The molecule has 0 radical (unpaired) electrons. The van der Waals surface area contributed by atoms with Crippen molar-refractivity contribution in [2.75, 3.05) is 0 Å². The van der Waals surface area contributed by atoms with E-state index in [4.69, 9.17) is 0 Å². The molecule has 5 nitrogen and oxygen atoms in total. The fraction of sp³-hybridized carbons (Fsp3) is 0.182. The summed E-state index contributed by atoms with van der Waals surface area (Å²) in [4.78, 5) is 11.6. The lowest BCUT2D eigenvalue weighted by atomic mass is 10.2. The Labute approximate surface area is 111 Å². The number of aromatic nitrogens is 2. The highest BCUT2D eigenvalue weighted by Crippen LogP contribution is 2.19. The maximum Gasteiger partial charge on any atom is 0.387 e. The summed E-state index contributed by atoms with van der Waals surface area (Å²) in [5.74, 6) is -0.380. The van der Waals surface area contributed by atoms with E-state index < -0.39 is 12.5 Å². The minimum absolute atomic E-state index is 0.0363. The zero-order chi connectivity index (χ0) is 13.7. The number of nitrogens with one attached hydrogen (secondary N) is 1. The summed E-state index contributed by atoms with van der Waals surface area (Å²) in [5.41, 5.74) is 0.650. The van der Waals surface area contributed by atoms with Gasteiger partial charge in [-0.25, -0.2) is 0 Å². The SMILES string of the molecule is O=C(NCc1ccccc1OC(F)F)c1cnsn1. The first-order valence-electron chi connectivity index (χ1n) is 5.25. The number of amides is 1. The van der Waals surface area contributed by atoms with E-state index in [0.717, 1.165) is 11.7 Å². The molecular formula is C11H9F2N3O2S. The van der Waals surface area contributed by atoms with Crippen LogP contribution < -0.4 is 10.1 Å². The Morgan fingerprint density at radius 1 is 1.42 bits per heavy atom. The van der Waals surface area contributed by atoms with Crippen molar-refractivity contribution >= 4 is 17.6 Å². The maximum atomic E-state index is 12.2. The molecule has 100 valence electrons. The van der Waals surface area contributed by atoms with E-state index in [-0.39, 0.29) is 18.0 Å². The molecular weight excluding hydrogens is 276 g/mol. The van der Waals surface area contributed by atoms with Gasteiger partial charge < -0.3 is 10.1 Å². The van der Waals surface area contributed by atoms with Crippen molar-refractivity contribution in [1.29, 1.82) is 0 Å². The van der Waals surface area contributed by atoms with Crippen molar-refractivity contribution in [2.45, 2.75) is 13.2 Å². The number of ether oxygens (including phenoxy) is 1. The number of halogens is 2. The van der Waals surface area contributed by atoms with Gasteiger partial charge in [-0.15, -0.1) is 0 Å². The van der Waals surface area contributed by atoms with E-state index in [1.165, 1.54) is 12.3 Å². The van der Waals surface area contributed by atoms with Gasteiger partial charge in [-0.1, -0.05) is 18.2 Å². The number of carbonyl (C=O) groups is 1. The van der Waals surface area contributed by atoms with Crippen LogP contribution in [-0.2, 0) is 6.54 Å². The second kappa shape index (κ2) is 6.19. The van der Waals surface area contributed by atoms with Crippen LogP contribution in [0.2, 0.25) is 0 Å². The van der Waals surface area contributed by atoms with E-state index in [9.17, 15) is 13.6 Å². The van der Waals surface area contributed by atoms with Crippen molar-refractivity contribution in [2.24, 2.45) is 0 Å². The van der Waals surface area contributed by atoms with Crippen molar-refractivity contribution < 1.29 is 18.3 Å². The van der Waals surface area contributed by atoms with E-state index >= 15 is 0 Å².